The van der Waals surface area contributed by atoms with Crippen LogP contribution in [0.5, 0.6) is 0 Å². The predicted molar refractivity (Wildman–Crippen MR) is 126 cm³/mol. The number of nitrogens with one attached hydrogen (secondary N) is 3. The Hall–Kier alpha value is -2.11. The summed E-state index contributed by atoms with van der Waals surface area (Å²) in [6.07, 6.45) is 6.91. The molecule has 2 aliphatic rings. The highest BCUT2D eigenvalue weighted by atomic mass is 32.2. The molecule has 1 unspecified atom stereocenters. The first-order valence-corrected chi connectivity index (χ1v) is 12.5. The molecule has 0 aliphatic carbocycles. The van der Waals surface area contributed by atoms with Crippen molar-refractivity contribution in [1.29, 1.82) is 0 Å². The number of H-pyrrole nitrogens is 1. The molecule has 31 heavy (non-hydrogen) atoms. The molecule has 2 aliphatic heterocycles. The average Bonchev–Trinajstić information content (AvgIpc) is 3.14. The maximum Gasteiger partial charge on any atom is 0.214 e. The summed E-state index contributed by atoms with van der Waals surface area (Å²) < 4.78 is 27.1. The van der Waals surface area contributed by atoms with E-state index >= 15 is 0 Å². The number of aromatic nitrogens is 3. The number of sulfonamides is 1. The van der Waals surface area contributed by atoms with Gasteiger partial charge >= 0.3 is 0 Å². The van der Waals surface area contributed by atoms with Crippen LogP contribution in [0.2, 0.25) is 0 Å². The Kier molecular flexibility index (Phi) is 6.01. The molecule has 168 valence electrons. The van der Waals surface area contributed by atoms with Gasteiger partial charge in [0.1, 0.15) is 11.3 Å². The van der Waals surface area contributed by atoms with E-state index in [1.165, 1.54) is 0 Å². The fourth-order valence-corrected chi connectivity index (χ4v) is 5.94. The normalized spacial score (nSPS) is 25.3. The topological polar surface area (TPSA) is 115 Å². The summed E-state index contributed by atoms with van der Waals surface area (Å²) in [6.45, 7) is 6.70. The number of piperidine rings is 1. The van der Waals surface area contributed by atoms with Crippen LogP contribution < -0.4 is 10.6 Å². The van der Waals surface area contributed by atoms with Crippen molar-refractivity contribution in [2.75, 3.05) is 18.8 Å². The van der Waals surface area contributed by atoms with Crippen molar-refractivity contribution in [2.24, 2.45) is 10.9 Å². The number of aliphatic imine (C=N–C) groups is 1. The molecule has 9 nitrogen and oxygen atoms in total. The van der Waals surface area contributed by atoms with E-state index in [0.29, 0.717) is 18.8 Å². The lowest BCUT2D eigenvalue weighted by Crippen LogP contribution is -2.52. The Morgan fingerprint density at radius 2 is 2.23 bits per heavy atom. The van der Waals surface area contributed by atoms with Crippen LogP contribution in [0.25, 0.3) is 16.7 Å². The molecule has 0 bridgehead atoms. The lowest BCUT2D eigenvalue weighted by atomic mass is 10.1. The minimum Gasteiger partial charge on any atom is -0.367 e. The van der Waals surface area contributed by atoms with Crippen molar-refractivity contribution in [3.05, 3.63) is 30.0 Å². The number of rotatable bonds is 6. The molecule has 2 aromatic heterocycles. The molecule has 1 fully saturated rings. The van der Waals surface area contributed by atoms with Crippen molar-refractivity contribution in [3.63, 3.8) is 0 Å². The summed E-state index contributed by atoms with van der Waals surface area (Å²) in [4.78, 5) is 15.8. The van der Waals surface area contributed by atoms with Gasteiger partial charge in [-0.2, -0.15) is 4.31 Å². The summed E-state index contributed by atoms with van der Waals surface area (Å²) in [6, 6.07) is 1.83. The molecule has 11 heteroatoms. The average molecular weight is 464 g/mol. The smallest absolute Gasteiger partial charge is 0.214 e. The minimum atomic E-state index is -3.27. The Balaban J connectivity index is 1.60. The highest BCUT2D eigenvalue weighted by Gasteiger charge is 2.32. The minimum absolute atomic E-state index is 0.0345. The van der Waals surface area contributed by atoms with Crippen LogP contribution in [-0.4, -0.2) is 63.8 Å². The van der Waals surface area contributed by atoms with Crippen molar-refractivity contribution in [3.8, 4) is 0 Å². The van der Waals surface area contributed by atoms with E-state index < -0.39 is 15.0 Å². The molecule has 0 radical (unpaired) electrons. The van der Waals surface area contributed by atoms with Crippen LogP contribution in [0, 0.1) is 5.92 Å². The molecule has 4 rings (SSSR count). The van der Waals surface area contributed by atoms with Gasteiger partial charge in [0.05, 0.1) is 23.2 Å². The van der Waals surface area contributed by atoms with E-state index in [1.54, 1.807) is 22.9 Å². The number of hydrogen-bond acceptors (Lipinski definition) is 8. The van der Waals surface area contributed by atoms with Gasteiger partial charge in [-0.3, -0.25) is 4.99 Å². The second kappa shape index (κ2) is 8.44. The summed E-state index contributed by atoms with van der Waals surface area (Å²) >= 11 is 4.57. The van der Waals surface area contributed by atoms with Crippen LogP contribution in [0.15, 0.2) is 29.3 Å². The quantitative estimate of drug-likeness (QED) is 0.487. The van der Waals surface area contributed by atoms with Crippen molar-refractivity contribution < 1.29 is 8.42 Å². The van der Waals surface area contributed by atoms with Gasteiger partial charge in [0.15, 0.2) is 10.6 Å². The highest BCUT2D eigenvalue weighted by Crippen LogP contribution is 2.25. The van der Waals surface area contributed by atoms with Crippen LogP contribution in [0.3, 0.4) is 0 Å². The third-order valence-corrected chi connectivity index (χ3v) is 7.72. The molecule has 0 spiro atoms. The SMILES string of the molecule is CC(C)CS(=O)(=O)N1CCCC(NC2=C(c3cnc4[nH]ccc4n3)C=N[C@](C)(S)N2)C1. The molecular formula is C20H29N7O2S2. The first-order chi connectivity index (χ1) is 14.6. The van der Waals surface area contributed by atoms with E-state index in [9.17, 15) is 8.42 Å². The van der Waals surface area contributed by atoms with Gasteiger partial charge in [-0.1, -0.05) is 13.8 Å². The maximum absolute atomic E-state index is 12.7. The second-order valence-electron chi connectivity index (χ2n) is 8.67. The van der Waals surface area contributed by atoms with Gasteiger partial charge in [0.25, 0.3) is 0 Å². The zero-order chi connectivity index (χ0) is 22.2. The third-order valence-electron chi connectivity index (χ3n) is 5.28. The number of aromatic amines is 1. The van der Waals surface area contributed by atoms with Crippen LogP contribution in [0.1, 0.15) is 39.3 Å². The molecule has 4 heterocycles. The summed E-state index contributed by atoms with van der Waals surface area (Å²) in [5.74, 6) is 0.986. The first kappa shape index (κ1) is 22.1. The van der Waals surface area contributed by atoms with Gasteiger partial charge in [-0.25, -0.2) is 18.4 Å². The highest BCUT2D eigenvalue weighted by molar-refractivity contribution is 7.89. The number of nitrogens with zero attached hydrogens (tertiary/aromatic N) is 4. The first-order valence-electron chi connectivity index (χ1n) is 10.5. The molecular weight excluding hydrogens is 434 g/mol. The Bertz CT molecular complexity index is 1120. The molecule has 2 aromatic rings. The zero-order valence-electron chi connectivity index (χ0n) is 18.0. The van der Waals surface area contributed by atoms with E-state index in [1.807, 2.05) is 26.8 Å². The molecule has 0 aromatic carbocycles. The predicted octanol–water partition coefficient (Wildman–Crippen LogP) is 1.94. The van der Waals surface area contributed by atoms with Crippen LogP contribution >= 0.6 is 12.6 Å². The fourth-order valence-electron chi connectivity index (χ4n) is 3.90. The van der Waals surface area contributed by atoms with Crippen molar-refractivity contribution in [1.82, 2.24) is 29.9 Å². The lowest BCUT2D eigenvalue weighted by molar-refractivity contribution is 0.288. The van der Waals surface area contributed by atoms with Gasteiger partial charge in [0, 0.05) is 31.5 Å². The Morgan fingerprint density at radius 1 is 1.42 bits per heavy atom. The van der Waals surface area contributed by atoms with Gasteiger partial charge in [-0.05, 0) is 31.7 Å². The Labute approximate surface area is 188 Å². The molecule has 0 amide bonds. The van der Waals surface area contributed by atoms with Crippen molar-refractivity contribution in [2.45, 2.75) is 44.6 Å². The second-order valence-corrected chi connectivity index (χ2v) is 11.6. The van der Waals surface area contributed by atoms with E-state index in [-0.39, 0.29) is 17.7 Å². The summed E-state index contributed by atoms with van der Waals surface area (Å²) in [5, 5.41) is 6.81. The van der Waals surface area contributed by atoms with Crippen molar-refractivity contribution >= 4 is 45.6 Å². The number of fused-ring (bicyclic) bond motifs is 1. The fraction of sp³-hybridized carbons (Fsp3) is 0.550. The number of allylic oxidation sites excluding steroid dienone is 1. The van der Waals surface area contributed by atoms with Gasteiger partial charge < -0.3 is 15.6 Å². The summed E-state index contributed by atoms with van der Waals surface area (Å²) in [5.41, 5.74) is 2.93. The van der Waals surface area contributed by atoms with Gasteiger partial charge in [0.2, 0.25) is 10.0 Å². The summed E-state index contributed by atoms with van der Waals surface area (Å²) in [7, 11) is -3.27. The largest absolute Gasteiger partial charge is 0.367 e. The molecule has 0 saturated carbocycles. The number of hydrogen-bond donors (Lipinski definition) is 4. The zero-order valence-corrected chi connectivity index (χ0v) is 19.7. The van der Waals surface area contributed by atoms with E-state index in [2.05, 4.69) is 43.2 Å². The molecule has 1 saturated heterocycles. The van der Waals surface area contributed by atoms with Crippen LogP contribution in [0.4, 0.5) is 0 Å². The third kappa shape index (κ3) is 5.04. The number of thiol groups is 1. The molecule has 2 atom stereocenters. The Morgan fingerprint density at radius 3 is 3.00 bits per heavy atom. The van der Waals surface area contributed by atoms with Crippen LogP contribution in [-0.2, 0) is 10.0 Å². The van der Waals surface area contributed by atoms with E-state index in [4.69, 9.17) is 0 Å². The van der Waals surface area contributed by atoms with Gasteiger partial charge in [-0.15, -0.1) is 12.6 Å². The lowest BCUT2D eigenvalue weighted by Gasteiger charge is -2.36. The monoisotopic (exact) mass is 463 g/mol. The maximum atomic E-state index is 12.7. The van der Waals surface area contributed by atoms with E-state index in [0.717, 1.165) is 35.4 Å². The molecule has 3 N–H and O–H groups in total. The standard InChI is InChI=1S/C20H29N7O2S2/c1-13(2)12-31(28,29)27-8-4-5-14(11-27)24-18-15(9-23-20(3,30)26-18)17-10-22-19-16(25-17)6-7-21-19/h6-7,9-10,13-14,24,26,30H,4-5,8,11-12H2,1-3H3,(H,21,22)/t14?,20-/m0/s1.